The molecule has 0 aliphatic rings. The molecule has 0 unspecified atom stereocenters. The van der Waals surface area contributed by atoms with Gasteiger partial charge in [-0.15, -0.1) is 0 Å². The summed E-state index contributed by atoms with van der Waals surface area (Å²) in [6.45, 7) is 3.67. The van der Waals surface area contributed by atoms with Gasteiger partial charge in [0.05, 0.1) is 16.6 Å². The zero-order valence-electron chi connectivity index (χ0n) is 17.2. The van der Waals surface area contributed by atoms with E-state index in [1.165, 1.54) is 17.7 Å². The fourth-order valence-electron chi connectivity index (χ4n) is 3.17. The van der Waals surface area contributed by atoms with E-state index in [1.807, 2.05) is 31.2 Å². The summed E-state index contributed by atoms with van der Waals surface area (Å²) in [7, 11) is -3.89. The maximum Gasteiger partial charge on any atom is 0.264 e. The number of hydrogen-bond donors (Lipinski definition) is 1. The largest absolute Gasteiger partial charge is 0.348 e. The van der Waals surface area contributed by atoms with Gasteiger partial charge in [-0.25, -0.2) is 8.42 Å². The number of aryl methyl sites for hydroxylation is 1. The molecule has 5 nitrogen and oxygen atoms in total. The Morgan fingerprint density at radius 2 is 1.47 bits per heavy atom. The molecule has 3 aromatic carbocycles. The van der Waals surface area contributed by atoms with Gasteiger partial charge in [0.15, 0.2) is 0 Å². The van der Waals surface area contributed by atoms with Gasteiger partial charge in [0.2, 0.25) is 5.91 Å². The van der Waals surface area contributed by atoms with Crippen LogP contribution in [0.2, 0.25) is 0 Å². The Kier molecular flexibility index (Phi) is 6.90. The normalized spacial score (nSPS) is 12.2. The highest BCUT2D eigenvalue weighted by atomic mass is 32.2. The topological polar surface area (TPSA) is 66.5 Å². The van der Waals surface area contributed by atoms with Crippen molar-refractivity contribution in [2.75, 3.05) is 10.8 Å². The lowest BCUT2D eigenvalue weighted by Crippen LogP contribution is -2.41. The number of nitrogens with one attached hydrogen (secondary N) is 1. The van der Waals surface area contributed by atoms with Crippen LogP contribution in [-0.2, 0) is 21.2 Å². The van der Waals surface area contributed by atoms with Gasteiger partial charge in [0, 0.05) is 0 Å². The maximum atomic E-state index is 13.2. The van der Waals surface area contributed by atoms with Crippen molar-refractivity contribution in [3.05, 3.63) is 96.1 Å². The highest BCUT2D eigenvalue weighted by Crippen LogP contribution is 2.23. The van der Waals surface area contributed by atoms with Gasteiger partial charge >= 0.3 is 0 Å². The van der Waals surface area contributed by atoms with Crippen LogP contribution >= 0.6 is 0 Å². The molecule has 6 heteroatoms. The zero-order valence-corrected chi connectivity index (χ0v) is 18.0. The average molecular weight is 423 g/mol. The third kappa shape index (κ3) is 5.07. The Hall–Kier alpha value is -3.12. The first kappa shape index (κ1) is 21.6. The molecular weight excluding hydrogens is 396 g/mol. The van der Waals surface area contributed by atoms with Gasteiger partial charge in [-0.2, -0.15) is 0 Å². The minimum atomic E-state index is -3.89. The van der Waals surface area contributed by atoms with Crippen LogP contribution in [0.5, 0.6) is 0 Å². The van der Waals surface area contributed by atoms with Gasteiger partial charge in [0.25, 0.3) is 10.0 Å². The lowest BCUT2D eigenvalue weighted by molar-refractivity contribution is -0.120. The highest BCUT2D eigenvalue weighted by molar-refractivity contribution is 7.92. The number of amides is 1. The second kappa shape index (κ2) is 9.59. The number of rotatable bonds is 8. The summed E-state index contributed by atoms with van der Waals surface area (Å²) >= 11 is 0. The van der Waals surface area contributed by atoms with E-state index >= 15 is 0 Å². The van der Waals surface area contributed by atoms with Crippen LogP contribution in [0.3, 0.4) is 0 Å². The predicted octanol–water partition coefficient (Wildman–Crippen LogP) is 4.32. The number of para-hydroxylation sites is 1. The molecule has 0 radical (unpaired) electrons. The summed E-state index contributed by atoms with van der Waals surface area (Å²) < 4.78 is 27.6. The SMILES string of the molecule is CCc1ccc([C@@H](C)NC(=O)CN(c2ccccc2)S(=O)(=O)c2ccccc2)cc1. The first-order valence-corrected chi connectivity index (χ1v) is 11.4. The molecule has 30 heavy (non-hydrogen) atoms. The van der Waals surface area contributed by atoms with Crippen molar-refractivity contribution in [1.82, 2.24) is 5.32 Å². The van der Waals surface area contributed by atoms with Crippen LogP contribution in [0.4, 0.5) is 5.69 Å². The Morgan fingerprint density at radius 3 is 2.03 bits per heavy atom. The molecule has 0 aliphatic carbocycles. The highest BCUT2D eigenvalue weighted by Gasteiger charge is 2.27. The fourth-order valence-corrected chi connectivity index (χ4v) is 4.61. The summed E-state index contributed by atoms with van der Waals surface area (Å²) in [6.07, 6.45) is 0.949. The van der Waals surface area contributed by atoms with Crippen molar-refractivity contribution in [2.45, 2.75) is 31.2 Å². The van der Waals surface area contributed by atoms with E-state index in [1.54, 1.807) is 48.5 Å². The predicted molar refractivity (Wildman–Crippen MR) is 120 cm³/mol. The van der Waals surface area contributed by atoms with E-state index in [9.17, 15) is 13.2 Å². The fraction of sp³-hybridized carbons (Fsp3) is 0.208. The molecule has 3 aromatic rings. The minimum Gasteiger partial charge on any atom is -0.348 e. The summed E-state index contributed by atoms with van der Waals surface area (Å²) in [5, 5.41) is 2.91. The van der Waals surface area contributed by atoms with Crippen molar-refractivity contribution in [1.29, 1.82) is 0 Å². The Labute approximate surface area is 178 Å². The average Bonchev–Trinajstić information content (AvgIpc) is 2.78. The molecule has 0 aromatic heterocycles. The molecule has 1 amide bonds. The van der Waals surface area contributed by atoms with E-state index in [4.69, 9.17) is 0 Å². The van der Waals surface area contributed by atoms with Crippen molar-refractivity contribution >= 4 is 21.6 Å². The quantitative estimate of drug-likeness (QED) is 0.588. The second-order valence-corrected chi connectivity index (χ2v) is 8.91. The monoisotopic (exact) mass is 422 g/mol. The number of sulfonamides is 1. The number of nitrogens with zero attached hydrogens (tertiary/aromatic N) is 1. The van der Waals surface area contributed by atoms with Crippen molar-refractivity contribution < 1.29 is 13.2 Å². The van der Waals surface area contributed by atoms with Crippen LogP contribution in [0.1, 0.15) is 31.0 Å². The number of carbonyl (C=O) groups excluding carboxylic acids is 1. The first-order valence-electron chi connectivity index (χ1n) is 9.93. The van der Waals surface area contributed by atoms with Gasteiger partial charge < -0.3 is 5.32 Å². The molecule has 156 valence electrons. The maximum absolute atomic E-state index is 13.2. The number of benzene rings is 3. The first-order chi connectivity index (χ1) is 14.4. The number of anilines is 1. The molecule has 0 fully saturated rings. The molecule has 0 saturated carbocycles. The molecule has 1 N–H and O–H groups in total. The van der Waals surface area contributed by atoms with Crippen molar-refractivity contribution in [2.24, 2.45) is 0 Å². The van der Waals surface area contributed by atoms with Crippen molar-refractivity contribution in [3.8, 4) is 0 Å². The molecule has 3 rings (SSSR count). The molecule has 0 spiro atoms. The zero-order chi connectivity index (χ0) is 21.6. The number of hydrogen-bond acceptors (Lipinski definition) is 3. The van der Waals surface area contributed by atoms with Crippen LogP contribution in [0, 0.1) is 0 Å². The molecule has 0 saturated heterocycles. The smallest absolute Gasteiger partial charge is 0.264 e. The molecule has 0 aliphatic heterocycles. The minimum absolute atomic E-state index is 0.143. The van der Waals surface area contributed by atoms with Crippen molar-refractivity contribution in [3.63, 3.8) is 0 Å². The summed E-state index contributed by atoms with van der Waals surface area (Å²) in [5.74, 6) is -0.370. The van der Waals surface area contributed by atoms with Gasteiger partial charge in [-0.1, -0.05) is 67.6 Å². The second-order valence-electron chi connectivity index (χ2n) is 7.04. The third-order valence-electron chi connectivity index (χ3n) is 4.93. The van der Waals surface area contributed by atoms with Crippen LogP contribution in [0.15, 0.2) is 89.8 Å². The third-order valence-corrected chi connectivity index (χ3v) is 6.72. The Balaban J connectivity index is 1.82. The Bertz CT molecular complexity index is 1070. The van der Waals surface area contributed by atoms with E-state index < -0.39 is 10.0 Å². The lowest BCUT2D eigenvalue weighted by atomic mass is 10.1. The standard InChI is InChI=1S/C24H26N2O3S/c1-3-20-14-16-21(17-15-20)19(2)25-24(27)18-26(22-10-6-4-7-11-22)30(28,29)23-12-8-5-9-13-23/h4-17,19H,3,18H2,1-2H3,(H,25,27)/t19-/m1/s1. The van der Waals surface area contributed by atoms with Crippen LogP contribution < -0.4 is 9.62 Å². The molecule has 0 bridgehead atoms. The summed E-state index contributed by atoms with van der Waals surface area (Å²) in [5.41, 5.74) is 2.63. The lowest BCUT2D eigenvalue weighted by Gasteiger charge is -2.25. The van der Waals surface area contributed by atoms with Gasteiger partial charge in [-0.3, -0.25) is 9.10 Å². The molecule has 0 heterocycles. The van der Waals surface area contributed by atoms with E-state index in [0.29, 0.717) is 5.69 Å². The van der Waals surface area contributed by atoms with E-state index in [0.717, 1.165) is 16.3 Å². The molecular formula is C24H26N2O3S. The van der Waals surface area contributed by atoms with E-state index in [2.05, 4.69) is 12.2 Å². The molecule has 1 atom stereocenters. The summed E-state index contributed by atoms with van der Waals surface area (Å²) in [6, 6.07) is 24.6. The van der Waals surface area contributed by atoms with Crippen LogP contribution in [0.25, 0.3) is 0 Å². The van der Waals surface area contributed by atoms with E-state index in [-0.39, 0.29) is 23.4 Å². The number of carbonyl (C=O) groups is 1. The Morgan fingerprint density at radius 1 is 0.900 bits per heavy atom. The van der Waals surface area contributed by atoms with Crippen LogP contribution in [-0.4, -0.2) is 20.9 Å². The van der Waals surface area contributed by atoms with Gasteiger partial charge in [0.1, 0.15) is 6.54 Å². The summed E-state index contributed by atoms with van der Waals surface area (Å²) in [4.78, 5) is 12.9. The van der Waals surface area contributed by atoms with Gasteiger partial charge in [-0.05, 0) is 48.7 Å².